The number of amides is 1. The second-order valence-corrected chi connectivity index (χ2v) is 6.87. The van der Waals surface area contributed by atoms with Gasteiger partial charge < -0.3 is 9.47 Å². The third-order valence-electron chi connectivity index (χ3n) is 4.84. The van der Waals surface area contributed by atoms with E-state index in [1.807, 2.05) is 0 Å². The van der Waals surface area contributed by atoms with E-state index in [2.05, 4.69) is 9.47 Å². The SMILES string of the molecule is CCC[C@@H](C(=O)OC)N1C(=O)C(F)(F)Oc2cc(F)c(-c3c(F)c(F)c(F)c(F)c3F)cc21. The van der Waals surface area contributed by atoms with Gasteiger partial charge in [0, 0.05) is 11.6 Å². The van der Waals surface area contributed by atoms with Crippen molar-refractivity contribution in [2.45, 2.75) is 31.9 Å². The fourth-order valence-electron chi connectivity index (χ4n) is 3.35. The van der Waals surface area contributed by atoms with Crippen LogP contribution in [0.15, 0.2) is 12.1 Å². The molecule has 13 heteroatoms. The van der Waals surface area contributed by atoms with E-state index in [9.17, 15) is 44.7 Å². The number of carbonyl (C=O) groups excluding carboxylic acids is 2. The zero-order valence-electron chi connectivity index (χ0n) is 16.8. The van der Waals surface area contributed by atoms with Crippen molar-refractivity contribution in [2.24, 2.45) is 0 Å². The van der Waals surface area contributed by atoms with Gasteiger partial charge in [-0.15, -0.1) is 0 Å². The Morgan fingerprint density at radius 1 is 1.03 bits per heavy atom. The Bertz CT molecular complexity index is 1120. The highest BCUT2D eigenvalue weighted by Gasteiger charge is 2.54. The van der Waals surface area contributed by atoms with E-state index in [0.717, 1.165) is 7.11 Å². The molecule has 0 unspecified atom stereocenters. The van der Waals surface area contributed by atoms with Crippen LogP contribution in [0.1, 0.15) is 19.8 Å². The molecule has 1 amide bonds. The van der Waals surface area contributed by atoms with Crippen LogP contribution in [0.2, 0.25) is 0 Å². The minimum atomic E-state index is -4.56. The van der Waals surface area contributed by atoms with Crippen molar-refractivity contribution in [3.05, 3.63) is 47.0 Å². The number of ether oxygens (including phenoxy) is 2. The molecule has 2 aromatic rings. The Balaban J connectivity index is 2.34. The highest BCUT2D eigenvalue weighted by Crippen LogP contribution is 2.45. The van der Waals surface area contributed by atoms with Crippen LogP contribution in [0.3, 0.4) is 0 Å². The lowest BCUT2D eigenvalue weighted by Gasteiger charge is -2.37. The first-order valence-corrected chi connectivity index (χ1v) is 9.20. The number of carbonyl (C=O) groups is 2. The summed E-state index contributed by atoms with van der Waals surface area (Å²) in [5.74, 6) is -18.0. The molecular formula is C20H13F8NO4. The van der Waals surface area contributed by atoms with Crippen molar-refractivity contribution in [2.75, 3.05) is 12.0 Å². The summed E-state index contributed by atoms with van der Waals surface area (Å²) in [6, 6.07) is -1.14. The van der Waals surface area contributed by atoms with Crippen molar-refractivity contribution >= 4 is 17.6 Å². The fourth-order valence-corrected chi connectivity index (χ4v) is 3.35. The van der Waals surface area contributed by atoms with Gasteiger partial charge in [-0.2, -0.15) is 8.78 Å². The molecule has 0 spiro atoms. The predicted molar refractivity (Wildman–Crippen MR) is 95.4 cm³/mol. The van der Waals surface area contributed by atoms with E-state index >= 15 is 0 Å². The van der Waals surface area contributed by atoms with Crippen molar-refractivity contribution in [1.29, 1.82) is 0 Å². The van der Waals surface area contributed by atoms with E-state index in [4.69, 9.17) is 0 Å². The molecule has 0 fully saturated rings. The lowest BCUT2D eigenvalue weighted by atomic mass is 9.99. The molecule has 3 rings (SSSR count). The summed E-state index contributed by atoms with van der Waals surface area (Å²) in [5.41, 5.74) is -3.73. The van der Waals surface area contributed by atoms with Crippen LogP contribution in [0.5, 0.6) is 5.75 Å². The lowest BCUT2D eigenvalue weighted by Crippen LogP contribution is -2.57. The van der Waals surface area contributed by atoms with E-state index in [1.54, 1.807) is 0 Å². The molecule has 0 radical (unpaired) electrons. The molecule has 1 heterocycles. The Labute approximate surface area is 180 Å². The van der Waals surface area contributed by atoms with Crippen LogP contribution >= 0.6 is 0 Å². The number of rotatable bonds is 5. The number of methoxy groups -OCH3 is 1. The maximum Gasteiger partial charge on any atom is 0.483 e. The summed E-state index contributed by atoms with van der Waals surface area (Å²) in [5, 5.41) is 0. The fraction of sp³-hybridized carbons (Fsp3) is 0.300. The number of fused-ring (bicyclic) bond motifs is 1. The molecule has 0 saturated carbocycles. The van der Waals surface area contributed by atoms with Crippen LogP contribution in [0.4, 0.5) is 40.8 Å². The normalized spacial score (nSPS) is 15.7. The van der Waals surface area contributed by atoms with E-state index < -0.39 is 81.5 Å². The quantitative estimate of drug-likeness (QED) is 0.264. The van der Waals surface area contributed by atoms with Gasteiger partial charge in [0.2, 0.25) is 5.82 Å². The van der Waals surface area contributed by atoms with Crippen LogP contribution < -0.4 is 9.64 Å². The average molecular weight is 483 g/mol. The van der Waals surface area contributed by atoms with Gasteiger partial charge in [-0.1, -0.05) is 13.3 Å². The minimum absolute atomic E-state index is 0.164. The van der Waals surface area contributed by atoms with E-state index in [0.29, 0.717) is 6.07 Å². The summed E-state index contributed by atoms with van der Waals surface area (Å²) < 4.78 is 121. The number of esters is 1. The average Bonchev–Trinajstić information content (AvgIpc) is 2.76. The van der Waals surface area contributed by atoms with Crippen LogP contribution in [-0.2, 0) is 14.3 Å². The lowest BCUT2D eigenvalue weighted by molar-refractivity contribution is -0.194. The Hall–Kier alpha value is -3.38. The van der Waals surface area contributed by atoms with Crippen molar-refractivity contribution in [3.63, 3.8) is 0 Å². The molecule has 1 aliphatic heterocycles. The number of nitrogens with zero attached hydrogens (tertiary/aromatic N) is 1. The summed E-state index contributed by atoms with van der Waals surface area (Å²) in [6.07, 6.45) is -4.63. The number of hydrogen-bond acceptors (Lipinski definition) is 4. The van der Waals surface area contributed by atoms with Gasteiger partial charge in [0.15, 0.2) is 29.0 Å². The van der Waals surface area contributed by atoms with Gasteiger partial charge in [-0.3, -0.25) is 9.69 Å². The molecule has 2 aromatic carbocycles. The first-order chi connectivity index (χ1) is 15.4. The first kappa shape index (κ1) is 24.3. The number of alkyl halides is 2. The second kappa shape index (κ2) is 8.52. The molecule has 0 N–H and O–H groups in total. The molecule has 0 saturated heterocycles. The van der Waals surface area contributed by atoms with Gasteiger partial charge >= 0.3 is 18.0 Å². The maximum absolute atomic E-state index is 14.6. The Kier molecular flexibility index (Phi) is 6.27. The standard InChI is InChI=1S/C20H13F8NO4/c1-3-4-9(18(30)32-2)29-10-5-7(8(21)6-11(10)33-20(27,28)19(29)31)12-13(22)15(24)17(26)16(25)14(12)23/h5-6,9H,3-4H2,1-2H3/t9-/m0/s1. The first-order valence-electron chi connectivity index (χ1n) is 9.20. The Morgan fingerprint density at radius 3 is 2.09 bits per heavy atom. The molecule has 0 aromatic heterocycles. The van der Waals surface area contributed by atoms with Crippen molar-refractivity contribution in [1.82, 2.24) is 0 Å². The van der Waals surface area contributed by atoms with E-state index in [1.165, 1.54) is 6.92 Å². The number of anilines is 1. The monoisotopic (exact) mass is 483 g/mol. The molecule has 0 bridgehead atoms. The largest absolute Gasteiger partial charge is 0.483 e. The van der Waals surface area contributed by atoms with Crippen LogP contribution in [0.25, 0.3) is 11.1 Å². The zero-order valence-corrected chi connectivity index (χ0v) is 16.8. The van der Waals surface area contributed by atoms with E-state index in [-0.39, 0.29) is 23.8 Å². The number of benzene rings is 2. The maximum atomic E-state index is 14.6. The minimum Gasteiger partial charge on any atom is -0.467 e. The Morgan fingerprint density at radius 2 is 1.58 bits per heavy atom. The second-order valence-electron chi connectivity index (χ2n) is 6.87. The summed E-state index contributed by atoms with van der Waals surface area (Å²) in [6.45, 7) is 1.53. The highest BCUT2D eigenvalue weighted by molar-refractivity contribution is 6.05. The van der Waals surface area contributed by atoms with Crippen molar-refractivity contribution < 1.29 is 54.2 Å². The third-order valence-corrected chi connectivity index (χ3v) is 4.84. The number of hydrogen-bond donors (Lipinski definition) is 0. The molecule has 33 heavy (non-hydrogen) atoms. The van der Waals surface area contributed by atoms with Gasteiger partial charge in [0.1, 0.15) is 11.9 Å². The summed E-state index contributed by atoms with van der Waals surface area (Å²) in [7, 11) is 0.903. The highest BCUT2D eigenvalue weighted by atomic mass is 19.3. The van der Waals surface area contributed by atoms with Gasteiger partial charge in [-0.25, -0.2) is 31.1 Å². The molecule has 1 aliphatic rings. The summed E-state index contributed by atoms with van der Waals surface area (Å²) in [4.78, 5) is 24.8. The molecular weight excluding hydrogens is 470 g/mol. The molecule has 5 nitrogen and oxygen atoms in total. The molecule has 1 atom stereocenters. The van der Waals surface area contributed by atoms with Gasteiger partial charge in [0.25, 0.3) is 0 Å². The van der Waals surface area contributed by atoms with Crippen LogP contribution in [-0.4, -0.2) is 31.1 Å². The zero-order chi connectivity index (χ0) is 24.8. The van der Waals surface area contributed by atoms with Gasteiger partial charge in [-0.05, 0) is 12.5 Å². The summed E-state index contributed by atoms with van der Waals surface area (Å²) >= 11 is 0. The molecule has 0 aliphatic carbocycles. The molecule has 178 valence electrons. The van der Waals surface area contributed by atoms with Gasteiger partial charge in [0.05, 0.1) is 18.4 Å². The smallest absolute Gasteiger partial charge is 0.467 e. The van der Waals surface area contributed by atoms with Crippen LogP contribution in [0, 0.1) is 34.9 Å². The third kappa shape index (κ3) is 3.85. The van der Waals surface area contributed by atoms with Crippen molar-refractivity contribution in [3.8, 4) is 16.9 Å². The topological polar surface area (TPSA) is 55.8 Å². The predicted octanol–water partition coefficient (Wildman–Crippen LogP) is 4.85. The number of halogens is 8.